The van der Waals surface area contributed by atoms with Crippen molar-refractivity contribution in [3.63, 3.8) is 0 Å². The van der Waals surface area contributed by atoms with Crippen molar-refractivity contribution in [2.75, 3.05) is 26.7 Å². The third-order valence-corrected chi connectivity index (χ3v) is 4.71. The number of nitrogens with zero attached hydrogens (tertiary/aromatic N) is 1. The van der Waals surface area contributed by atoms with E-state index in [1.165, 1.54) is 51.7 Å². The summed E-state index contributed by atoms with van der Waals surface area (Å²) < 4.78 is 0. The van der Waals surface area contributed by atoms with Crippen molar-refractivity contribution in [2.24, 2.45) is 17.8 Å². The molecule has 2 nitrogen and oxygen atoms in total. The second-order valence-corrected chi connectivity index (χ2v) is 6.77. The van der Waals surface area contributed by atoms with Crippen molar-refractivity contribution in [3.8, 4) is 0 Å². The van der Waals surface area contributed by atoms with E-state index in [-0.39, 0.29) is 0 Å². The van der Waals surface area contributed by atoms with Gasteiger partial charge in [-0.05, 0) is 76.5 Å². The molecular formula is C15H30N2. The minimum absolute atomic E-state index is 0.799. The van der Waals surface area contributed by atoms with Gasteiger partial charge < -0.3 is 10.2 Å². The zero-order valence-electron chi connectivity index (χ0n) is 11.9. The molecule has 2 atom stereocenters. The molecule has 0 radical (unpaired) electrons. The Morgan fingerprint density at radius 3 is 2.18 bits per heavy atom. The summed E-state index contributed by atoms with van der Waals surface area (Å²) in [6.07, 6.45) is 7.02. The molecule has 0 aromatic rings. The largest absolute Gasteiger partial charge is 0.314 e. The Morgan fingerprint density at radius 1 is 1.00 bits per heavy atom. The van der Waals surface area contributed by atoms with Gasteiger partial charge >= 0.3 is 0 Å². The van der Waals surface area contributed by atoms with Crippen molar-refractivity contribution in [1.29, 1.82) is 0 Å². The Hall–Kier alpha value is -0.0800. The molecule has 2 rings (SSSR count). The lowest BCUT2D eigenvalue weighted by Crippen LogP contribution is -2.41. The van der Waals surface area contributed by atoms with Gasteiger partial charge in [-0.25, -0.2) is 0 Å². The van der Waals surface area contributed by atoms with Gasteiger partial charge in [0.15, 0.2) is 0 Å². The van der Waals surface area contributed by atoms with Crippen molar-refractivity contribution in [1.82, 2.24) is 10.2 Å². The Kier molecular flexibility index (Phi) is 4.87. The first kappa shape index (κ1) is 13.4. The minimum atomic E-state index is 0.799. The van der Waals surface area contributed by atoms with Crippen molar-refractivity contribution < 1.29 is 0 Å². The fourth-order valence-electron chi connectivity index (χ4n) is 3.71. The Labute approximate surface area is 107 Å². The van der Waals surface area contributed by atoms with E-state index >= 15 is 0 Å². The monoisotopic (exact) mass is 238 g/mol. The Balaban J connectivity index is 1.67. The predicted octanol–water partition coefficient (Wildman–Crippen LogP) is 2.74. The molecule has 100 valence electrons. The van der Waals surface area contributed by atoms with Crippen LogP contribution in [0, 0.1) is 17.8 Å². The van der Waals surface area contributed by atoms with Crippen LogP contribution < -0.4 is 5.32 Å². The molecule has 1 N–H and O–H groups in total. The fraction of sp³-hybridized carbons (Fsp3) is 1.00. The number of piperidine rings is 1. The molecule has 1 saturated carbocycles. The molecule has 2 unspecified atom stereocenters. The summed E-state index contributed by atoms with van der Waals surface area (Å²) in [7, 11) is 2.24. The first-order chi connectivity index (χ1) is 8.13. The minimum Gasteiger partial charge on any atom is -0.314 e. The van der Waals surface area contributed by atoms with Gasteiger partial charge in [-0.1, -0.05) is 13.8 Å². The highest BCUT2D eigenvalue weighted by atomic mass is 15.1. The normalized spacial score (nSPS) is 37.2. The van der Waals surface area contributed by atoms with Gasteiger partial charge in [-0.15, -0.1) is 0 Å². The molecule has 1 saturated heterocycles. The topological polar surface area (TPSA) is 15.3 Å². The third-order valence-electron chi connectivity index (χ3n) is 4.71. The Morgan fingerprint density at radius 2 is 1.59 bits per heavy atom. The van der Waals surface area contributed by atoms with Gasteiger partial charge in [0.05, 0.1) is 0 Å². The first-order valence-corrected chi connectivity index (χ1v) is 7.55. The molecule has 0 bridgehead atoms. The maximum absolute atomic E-state index is 3.85. The summed E-state index contributed by atoms with van der Waals surface area (Å²) in [5.74, 6) is 2.78. The van der Waals surface area contributed by atoms with E-state index in [4.69, 9.17) is 0 Å². The van der Waals surface area contributed by atoms with Crippen molar-refractivity contribution >= 4 is 0 Å². The zero-order valence-corrected chi connectivity index (χ0v) is 11.9. The van der Waals surface area contributed by atoms with Gasteiger partial charge in [0.1, 0.15) is 0 Å². The number of nitrogens with one attached hydrogen (secondary N) is 1. The molecule has 0 aromatic heterocycles. The maximum atomic E-state index is 3.85. The van der Waals surface area contributed by atoms with Crippen LogP contribution in [0.25, 0.3) is 0 Å². The number of likely N-dealkylation sites (tertiary alicyclic amines) is 1. The molecule has 2 fully saturated rings. The quantitative estimate of drug-likeness (QED) is 0.813. The molecule has 17 heavy (non-hydrogen) atoms. The van der Waals surface area contributed by atoms with E-state index in [1.54, 1.807) is 0 Å². The summed E-state index contributed by atoms with van der Waals surface area (Å²) in [6.45, 7) is 8.69. The van der Waals surface area contributed by atoms with Crippen LogP contribution in [-0.2, 0) is 0 Å². The van der Waals surface area contributed by atoms with Crippen LogP contribution in [0.4, 0.5) is 0 Å². The predicted molar refractivity (Wildman–Crippen MR) is 74.2 cm³/mol. The molecule has 0 amide bonds. The van der Waals surface area contributed by atoms with Crippen LogP contribution >= 0.6 is 0 Å². The summed E-state index contributed by atoms with van der Waals surface area (Å²) in [4.78, 5) is 2.46. The average Bonchev–Trinajstić information content (AvgIpc) is 2.27. The number of hydrogen-bond acceptors (Lipinski definition) is 2. The van der Waals surface area contributed by atoms with Crippen LogP contribution in [0.5, 0.6) is 0 Å². The number of hydrogen-bond donors (Lipinski definition) is 1. The standard InChI is InChI=1S/C15H30N2/c1-12-8-13(2)10-15(9-12)16-11-14-4-6-17(3)7-5-14/h12-16H,4-11H2,1-3H3. The second kappa shape index (κ2) is 6.19. The molecule has 0 aromatic carbocycles. The second-order valence-electron chi connectivity index (χ2n) is 6.77. The van der Waals surface area contributed by atoms with E-state index in [0.29, 0.717) is 0 Å². The van der Waals surface area contributed by atoms with E-state index in [1.807, 2.05) is 0 Å². The lowest BCUT2D eigenvalue weighted by Gasteiger charge is -2.34. The maximum Gasteiger partial charge on any atom is 0.00722 e. The van der Waals surface area contributed by atoms with Crippen LogP contribution in [-0.4, -0.2) is 37.6 Å². The summed E-state index contributed by atoms with van der Waals surface area (Å²) in [6, 6.07) is 0.799. The molecule has 1 heterocycles. The highest BCUT2D eigenvalue weighted by molar-refractivity contribution is 4.81. The van der Waals surface area contributed by atoms with Crippen LogP contribution in [0.2, 0.25) is 0 Å². The van der Waals surface area contributed by atoms with Crippen LogP contribution in [0.3, 0.4) is 0 Å². The lowest BCUT2D eigenvalue weighted by molar-refractivity contribution is 0.193. The molecule has 1 aliphatic heterocycles. The molecule has 1 aliphatic carbocycles. The summed E-state index contributed by atoms with van der Waals surface area (Å²) in [5.41, 5.74) is 0. The van der Waals surface area contributed by atoms with Gasteiger partial charge in [0, 0.05) is 6.04 Å². The van der Waals surface area contributed by atoms with E-state index < -0.39 is 0 Å². The fourth-order valence-corrected chi connectivity index (χ4v) is 3.71. The average molecular weight is 238 g/mol. The smallest absolute Gasteiger partial charge is 0.00722 e. The van der Waals surface area contributed by atoms with Gasteiger partial charge in [-0.3, -0.25) is 0 Å². The zero-order chi connectivity index (χ0) is 12.3. The van der Waals surface area contributed by atoms with E-state index in [9.17, 15) is 0 Å². The van der Waals surface area contributed by atoms with Crippen molar-refractivity contribution in [3.05, 3.63) is 0 Å². The van der Waals surface area contributed by atoms with Gasteiger partial charge in [0.2, 0.25) is 0 Å². The third kappa shape index (κ3) is 4.26. The highest BCUT2D eigenvalue weighted by Gasteiger charge is 2.24. The SMILES string of the molecule is CC1CC(C)CC(NCC2CCN(C)CC2)C1. The van der Waals surface area contributed by atoms with Gasteiger partial charge in [-0.2, -0.15) is 0 Å². The molecular weight excluding hydrogens is 208 g/mol. The van der Waals surface area contributed by atoms with Crippen LogP contribution in [0.15, 0.2) is 0 Å². The molecule has 2 heteroatoms. The van der Waals surface area contributed by atoms with Crippen molar-refractivity contribution in [2.45, 2.75) is 52.0 Å². The molecule has 2 aliphatic rings. The van der Waals surface area contributed by atoms with E-state index in [0.717, 1.165) is 23.8 Å². The highest BCUT2D eigenvalue weighted by Crippen LogP contribution is 2.28. The summed E-state index contributed by atoms with van der Waals surface area (Å²) >= 11 is 0. The first-order valence-electron chi connectivity index (χ1n) is 7.55. The van der Waals surface area contributed by atoms with Gasteiger partial charge in [0.25, 0.3) is 0 Å². The van der Waals surface area contributed by atoms with E-state index in [2.05, 4.69) is 31.1 Å². The lowest BCUT2D eigenvalue weighted by atomic mass is 9.80. The van der Waals surface area contributed by atoms with Crippen LogP contribution in [0.1, 0.15) is 46.0 Å². The summed E-state index contributed by atoms with van der Waals surface area (Å²) in [5, 5.41) is 3.85. The molecule has 0 spiro atoms. The Bertz CT molecular complexity index is 211. The number of rotatable bonds is 3.